The summed E-state index contributed by atoms with van der Waals surface area (Å²) in [6.07, 6.45) is 3.48. The zero-order valence-electron chi connectivity index (χ0n) is 14.1. The van der Waals surface area contributed by atoms with Gasteiger partial charge in [0.2, 0.25) is 5.89 Å². The lowest BCUT2D eigenvalue weighted by Gasteiger charge is -2.10. The lowest BCUT2D eigenvalue weighted by Crippen LogP contribution is -2.07. The predicted octanol–water partition coefficient (Wildman–Crippen LogP) is 3.82. The number of hydrogen-bond acceptors (Lipinski definition) is 7. The Morgan fingerprint density at radius 2 is 2.17 bits per heavy atom. The van der Waals surface area contributed by atoms with Crippen LogP contribution < -0.4 is 0 Å². The van der Waals surface area contributed by atoms with Gasteiger partial charge in [0.1, 0.15) is 0 Å². The molecular formula is C16H21N5O2S. The van der Waals surface area contributed by atoms with E-state index in [1.54, 1.807) is 18.0 Å². The summed E-state index contributed by atoms with van der Waals surface area (Å²) in [5, 5.41) is 13.4. The lowest BCUT2D eigenvalue weighted by molar-refractivity contribution is 0.384. The van der Waals surface area contributed by atoms with E-state index in [9.17, 15) is 0 Å². The fourth-order valence-corrected chi connectivity index (χ4v) is 3.10. The number of rotatable bonds is 8. The number of aromatic nitrogens is 5. The molecule has 7 nitrogen and oxygen atoms in total. The topological polar surface area (TPSA) is 82.8 Å². The van der Waals surface area contributed by atoms with Crippen molar-refractivity contribution in [1.82, 2.24) is 24.9 Å². The molecule has 0 unspecified atom stereocenters. The van der Waals surface area contributed by atoms with Gasteiger partial charge in [0.05, 0.1) is 12.0 Å². The smallest absolute Gasteiger partial charge is 0.237 e. The van der Waals surface area contributed by atoms with E-state index in [2.05, 4.69) is 45.7 Å². The van der Waals surface area contributed by atoms with E-state index < -0.39 is 0 Å². The molecule has 0 spiro atoms. The van der Waals surface area contributed by atoms with Gasteiger partial charge < -0.3 is 8.94 Å². The summed E-state index contributed by atoms with van der Waals surface area (Å²) in [6.45, 7) is 7.23. The summed E-state index contributed by atoms with van der Waals surface area (Å²) < 4.78 is 12.8. The molecule has 0 bridgehead atoms. The Morgan fingerprint density at radius 3 is 2.88 bits per heavy atom. The Balaban J connectivity index is 1.76. The van der Waals surface area contributed by atoms with Gasteiger partial charge in [0.15, 0.2) is 22.6 Å². The third kappa shape index (κ3) is 3.87. The van der Waals surface area contributed by atoms with Crippen molar-refractivity contribution in [3.05, 3.63) is 30.1 Å². The summed E-state index contributed by atoms with van der Waals surface area (Å²) in [4.78, 5) is 4.39. The van der Waals surface area contributed by atoms with Crippen LogP contribution in [0.2, 0.25) is 0 Å². The molecule has 3 rings (SSSR count). The molecule has 0 saturated heterocycles. The Morgan fingerprint density at radius 1 is 1.29 bits per heavy atom. The van der Waals surface area contributed by atoms with Crippen LogP contribution in [0.25, 0.3) is 11.6 Å². The molecule has 0 N–H and O–H groups in total. The van der Waals surface area contributed by atoms with Crippen LogP contribution in [0.15, 0.2) is 32.5 Å². The maximum atomic E-state index is 5.47. The van der Waals surface area contributed by atoms with Crippen LogP contribution in [0, 0.1) is 5.92 Å². The molecule has 3 heterocycles. The normalized spacial score (nSPS) is 11.5. The zero-order valence-corrected chi connectivity index (χ0v) is 14.9. The summed E-state index contributed by atoms with van der Waals surface area (Å²) in [5.74, 6) is 3.88. The van der Waals surface area contributed by atoms with Gasteiger partial charge in [-0.25, -0.2) is 0 Å². The molecule has 0 amide bonds. The molecule has 0 radical (unpaired) electrons. The van der Waals surface area contributed by atoms with E-state index >= 15 is 0 Å². The van der Waals surface area contributed by atoms with E-state index in [0.29, 0.717) is 17.6 Å². The van der Waals surface area contributed by atoms with Crippen molar-refractivity contribution in [2.45, 2.75) is 51.1 Å². The molecular weight excluding hydrogens is 326 g/mol. The highest BCUT2D eigenvalue weighted by molar-refractivity contribution is 7.98. The third-order valence-electron chi connectivity index (χ3n) is 3.31. The molecule has 0 atom stereocenters. The SMILES string of the molecule is CCCc1noc(CSc2nnc(-c3ccco3)n2CC(C)C)n1. The first-order chi connectivity index (χ1) is 11.7. The summed E-state index contributed by atoms with van der Waals surface area (Å²) in [7, 11) is 0. The first-order valence-electron chi connectivity index (χ1n) is 8.08. The third-order valence-corrected chi connectivity index (χ3v) is 4.27. The number of furan rings is 1. The molecule has 0 aromatic carbocycles. The molecule has 3 aromatic heterocycles. The summed E-state index contributed by atoms with van der Waals surface area (Å²) in [5.41, 5.74) is 0. The molecule has 0 aliphatic carbocycles. The van der Waals surface area contributed by atoms with Crippen molar-refractivity contribution >= 4 is 11.8 Å². The highest BCUT2D eigenvalue weighted by Crippen LogP contribution is 2.27. The summed E-state index contributed by atoms with van der Waals surface area (Å²) in [6, 6.07) is 3.74. The zero-order chi connectivity index (χ0) is 16.9. The molecule has 128 valence electrons. The summed E-state index contributed by atoms with van der Waals surface area (Å²) >= 11 is 1.54. The highest BCUT2D eigenvalue weighted by atomic mass is 32.2. The fourth-order valence-electron chi connectivity index (χ4n) is 2.31. The maximum absolute atomic E-state index is 5.47. The standard InChI is InChI=1S/C16H21N5O2S/c1-4-6-13-17-14(23-20-13)10-24-16-19-18-15(12-7-5-8-22-12)21(16)9-11(2)3/h5,7-8,11H,4,6,9-10H2,1-3H3. The van der Waals surface area contributed by atoms with E-state index in [1.165, 1.54) is 0 Å². The molecule has 24 heavy (non-hydrogen) atoms. The molecule has 0 saturated carbocycles. The Labute approximate surface area is 144 Å². The van der Waals surface area contributed by atoms with E-state index in [1.807, 2.05) is 12.1 Å². The Kier molecular flexibility index (Phi) is 5.34. The Bertz CT molecular complexity index is 763. The van der Waals surface area contributed by atoms with Crippen LogP contribution in [0.3, 0.4) is 0 Å². The van der Waals surface area contributed by atoms with Crippen LogP contribution in [0.5, 0.6) is 0 Å². The first kappa shape index (κ1) is 16.8. The number of aryl methyl sites for hydroxylation is 1. The number of nitrogens with zero attached hydrogens (tertiary/aromatic N) is 5. The quantitative estimate of drug-likeness (QED) is 0.573. The largest absolute Gasteiger partial charge is 0.461 e. The molecule has 3 aromatic rings. The highest BCUT2D eigenvalue weighted by Gasteiger charge is 2.18. The van der Waals surface area contributed by atoms with Gasteiger partial charge in [-0.05, 0) is 24.5 Å². The fraction of sp³-hybridized carbons (Fsp3) is 0.500. The van der Waals surface area contributed by atoms with Gasteiger partial charge in [-0.3, -0.25) is 4.57 Å². The molecule has 0 aliphatic heterocycles. The van der Waals surface area contributed by atoms with Gasteiger partial charge in [-0.15, -0.1) is 10.2 Å². The van der Waals surface area contributed by atoms with Crippen molar-refractivity contribution in [2.24, 2.45) is 5.92 Å². The van der Waals surface area contributed by atoms with Crippen LogP contribution in [0.1, 0.15) is 38.9 Å². The lowest BCUT2D eigenvalue weighted by atomic mass is 10.2. The monoisotopic (exact) mass is 347 g/mol. The van der Waals surface area contributed by atoms with E-state index in [-0.39, 0.29) is 0 Å². The first-order valence-corrected chi connectivity index (χ1v) is 9.07. The van der Waals surface area contributed by atoms with Crippen LogP contribution >= 0.6 is 11.8 Å². The molecule has 0 aliphatic rings. The minimum Gasteiger partial charge on any atom is -0.461 e. The van der Waals surface area contributed by atoms with Crippen molar-refractivity contribution in [3.63, 3.8) is 0 Å². The van der Waals surface area contributed by atoms with Crippen molar-refractivity contribution in [2.75, 3.05) is 0 Å². The average molecular weight is 347 g/mol. The second-order valence-corrected chi connectivity index (χ2v) is 6.87. The van der Waals surface area contributed by atoms with Gasteiger partial charge in [0.25, 0.3) is 0 Å². The number of hydrogen-bond donors (Lipinski definition) is 0. The maximum Gasteiger partial charge on any atom is 0.237 e. The Hall–Kier alpha value is -2.09. The number of thioether (sulfide) groups is 1. The molecule has 8 heteroatoms. The average Bonchev–Trinajstić information content (AvgIpc) is 3.26. The molecule has 0 fully saturated rings. The van der Waals surface area contributed by atoms with Crippen molar-refractivity contribution in [3.8, 4) is 11.6 Å². The van der Waals surface area contributed by atoms with Crippen LogP contribution in [-0.4, -0.2) is 24.9 Å². The van der Waals surface area contributed by atoms with Crippen LogP contribution in [0.4, 0.5) is 0 Å². The van der Waals surface area contributed by atoms with Crippen molar-refractivity contribution in [1.29, 1.82) is 0 Å². The predicted molar refractivity (Wildman–Crippen MR) is 90.4 cm³/mol. The van der Waals surface area contributed by atoms with Gasteiger partial charge in [-0.2, -0.15) is 4.98 Å². The van der Waals surface area contributed by atoms with Gasteiger partial charge >= 0.3 is 0 Å². The van der Waals surface area contributed by atoms with E-state index in [4.69, 9.17) is 8.94 Å². The second kappa shape index (κ2) is 7.65. The van der Waals surface area contributed by atoms with Crippen molar-refractivity contribution < 1.29 is 8.94 Å². The van der Waals surface area contributed by atoms with E-state index in [0.717, 1.165) is 42.0 Å². The minimum absolute atomic E-state index is 0.466. The van der Waals surface area contributed by atoms with Crippen LogP contribution in [-0.2, 0) is 18.7 Å². The second-order valence-electron chi connectivity index (χ2n) is 5.93. The van der Waals surface area contributed by atoms with Gasteiger partial charge in [-0.1, -0.05) is 37.7 Å². The van der Waals surface area contributed by atoms with Gasteiger partial charge in [0, 0.05) is 13.0 Å². The minimum atomic E-state index is 0.466.